The van der Waals surface area contributed by atoms with E-state index in [-0.39, 0.29) is 11.8 Å². The second-order valence-corrected chi connectivity index (χ2v) is 6.18. The van der Waals surface area contributed by atoms with E-state index in [1.165, 1.54) is 6.42 Å². The van der Waals surface area contributed by atoms with Gasteiger partial charge >= 0.3 is 0 Å². The van der Waals surface area contributed by atoms with Crippen LogP contribution in [0.3, 0.4) is 0 Å². The van der Waals surface area contributed by atoms with Crippen molar-refractivity contribution >= 4 is 21.8 Å². The zero-order chi connectivity index (χ0) is 15.2. The van der Waals surface area contributed by atoms with Gasteiger partial charge in [0.2, 0.25) is 0 Å². The fourth-order valence-corrected chi connectivity index (χ4v) is 3.30. The lowest BCUT2D eigenvalue weighted by molar-refractivity contribution is 0.0929. The summed E-state index contributed by atoms with van der Waals surface area (Å²) in [7, 11) is 1.58. The number of nitrogens with zero attached hydrogens (tertiary/aromatic N) is 1. The van der Waals surface area contributed by atoms with Gasteiger partial charge in [0.15, 0.2) is 0 Å². The minimum Gasteiger partial charge on any atom is -0.496 e. The van der Waals surface area contributed by atoms with Gasteiger partial charge in [-0.2, -0.15) is 5.26 Å². The van der Waals surface area contributed by atoms with Crippen LogP contribution in [0.15, 0.2) is 22.7 Å². The first-order chi connectivity index (χ1) is 10.2. The molecule has 5 heteroatoms. The molecule has 0 radical (unpaired) electrons. The number of nitriles is 1. The maximum atomic E-state index is 12.3. The number of hydrogen-bond donors (Lipinski definition) is 1. The molecule has 1 N–H and O–H groups in total. The number of nitrogens with one attached hydrogen (secondary N) is 1. The molecule has 4 nitrogen and oxygen atoms in total. The largest absolute Gasteiger partial charge is 0.496 e. The van der Waals surface area contributed by atoms with Gasteiger partial charge in [0.25, 0.3) is 5.91 Å². The Hall–Kier alpha value is -1.54. The van der Waals surface area contributed by atoms with Crippen LogP contribution >= 0.6 is 15.9 Å². The maximum Gasteiger partial charge on any atom is 0.252 e. The predicted molar refractivity (Wildman–Crippen MR) is 84.1 cm³/mol. The van der Waals surface area contributed by atoms with Crippen molar-refractivity contribution in [1.82, 2.24) is 5.32 Å². The van der Waals surface area contributed by atoms with Crippen molar-refractivity contribution in [2.75, 3.05) is 7.11 Å². The van der Waals surface area contributed by atoms with Crippen molar-refractivity contribution in [1.29, 1.82) is 5.26 Å². The van der Waals surface area contributed by atoms with Crippen molar-refractivity contribution in [3.05, 3.63) is 28.2 Å². The summed E-state index contributed by atoms with van der Waals surface area (Å²) in [5, 5.41) is 12.2. The second kappa shape index (κ2) is 7.46. The van der Waals surface area contributed by atoms with Crippen LogP contribution in [0, 0.1) is 17.2 Å². The molecule has 1 aromatic carbocycles. The first-order valence-corrected chi connectivity index (χ1v) is 7.99. The van der Waals surface area contributed by atoms with Crippen molar-refractivity contribution in [2.45, 2.75) is 38.1 Å². The summed E-state index contributed by atoms with van der Waals surface area (Å²) in [4.78, 5) is 12.3. The molecule has 0 heterocycles. The summed E-state index contributed by atoms with van der Waals surface area (Å²) in [6.07, 6.45) is 5.56. The normalized spacial score (nSPS) is 16.8. The van der Waals surface area contributed by atoms with E-state index in [9.17, 15) is 10.1 Å². The molecule has 1 amide bonds. The predicted octanol–water partition coefficient (Wildman–Crippen LogP) is 3.66. The van der Waals surface area contributed by atoms with E-state index in [0.29, 0.717) is 11.3 Å². The van der Waals surface area contributed by atoms with Gasteiger partial charge in [0.1, 0.15) is 11.8 Å². The highest BCUT2D eigenvalue weighted by Gasteiger charge is 2.25. The second-order valence-electron chi connectivity index (χ2n) is 5.33. The molecule has 2 rings (SSSR count). The van der Waals surface area contributed by atoms with E-state index in [1.54, 1.807) is 25.3 Å². The highest BCUT2D eigenvalue weighted by molar-refractivity contribution is 9.10. The van der Waals surface area contributed by atoms with E-state index in [4.69, 9.17) is 4.74 Å². The number of methoxy groups -OCH3 is 1. The van der Waals surface area contributed by atoms with Crippen LogP contribution in [0.1, 0.15) is 42.5 Å². The van der Waals surface area contributed by atoms with E-state index >= 15 is 0 Å². The Morgan fingerprint density at radius 1 is 1.43 bits per heavy atom. The van der Waals surface area contributed by atoms with Gasteiger partial charge in [0.05, 0.1) is 17.7 Å². The quantitative estimate of drug-likeness (QED) is 0.901. The molecule has 0 saturated heterocycles. The lowest BCUT2D eigenvalue weighted by Crippen LogP contribution is -2.40. The number of benzene rings is 1. The Kier molecular flexibility index (Phi) is 5.63. The maximum absolute atomic E-state index is 12.3. The van der Waals surface area contributed by atoms with Crippen LogP contribution in [0.4, 0.5) is 0 Å². The molecule has 0 aromatic heterocycles. The van der Waals surface area contributed by atoms with Gasteiger partial charge in [-0.05, 0) is 52.9 Å². The zero-order valence-corrected chi connectivity index (χ0v) is 13.6. The molecule has 1 saturated carbocycles. The zero-order valence-electron chi connectivity index (χ0n) is 12.1. The number of carbonyl (C=O) groups excluding carboxylic acids is 1. The van der Waals surface area contributed by atoms with Gasteiger partial charge in [-0.15, -0.1) is 0 Å². The molecule has 1 aliphatic rings. The Morgan fingerprint density at radius 2 is 2.14 bits per heavy atom. The third-order valence-corrected chi connectivity index (χ3v) is 4.58. The summed E-state index contributed by atoms with van der Waals surface area (Å²) in [5.41, 5.74) is 0.527. The fourth-order valence-electron chi connectivity index (χ4n) is 2.76. The van der Waals surface area contributed by atoms with Gasteiger partial charge in [-0.3, -0.25) is 4.79 Å². The highest BCUT2D eigenvalue weighted by Crippen LogP contribution is 2.27. The number of amides is 1. The van der Waals surface area contributed by atoms with Crippen LogP contribution in [0.5, 0.6) is 5.75 Å². The molecule has 0 spiro atoms. The topological polar surface area (TPSA) is 62.1 Å². The molecule has 0 aliphatic heterocycles. The first-order valence-electron chi connectivity index (χ1n) is 7.19. The lowest BCUT2D eigenvalue weighted by atomic mass is 9.84. The number of carbonyl (C=O) groups is 1. The molecule has 1 unspecified atom stereocenters. The lowest BCUT2D eigenvalue weighted by Gasteiger charge is -2.26. The summed E-state index contributed by atoms with van der Waals surface area (Å²) in [6.45, 7) is 0. The van der Waals surface area contributed by atoms with Gasteiger partial charge in [0, 0.05) is 5.56 Å². The molecule has 1 aliphatic carbocycles. The van der Waals surface area contributed by atoms with Crippen LogP contribution in [-0.2, 0) is 0 Å². The molecule has 112 valence electrons. The van der Waals surface area contributed by atoms with Gasteiger partial charge in [-0.1, -0.05) is 19.3 Å². The summed E-state index contributed by atoms with van der Waals surface area (Å²) in [5.74, 6) is 0.737. The molecule has 21 heavy (non-hydrogen) atoms. The molecule has 0 bridgehead atoms. The average molecular weight is 351 g/mol. The van der Waals surface area contributed by atoms with E-state index < -0.39 is 6.04 Å². The third-order valence-electron chi connectivity index (χ3n) is 3.96. The van der Waals surface area contributed by atoms with Crippen LogP contribution in [-0.4, -0.2) is 19.1 Å². The summed E-state index contributed by atoms with van der Waals surface area (Å²) < 4.78 is 5.87. The minimum absolute atomic E-state index is 0.213. The smallest absolute Gasteiger partial charge is 0.252 e. The number of rotatable bonds is 4. The van der Waals surface area contributed by atoms with Crippen molar-refractivity contribution in [2.24, 2.45) is 5.92 Å². The van der Waals surface area contributed by atoms with Crippen molar-refractivity contribution < 1.29 is 9.53 Å². The SMILES string of the molecule is COc1ccc(C(=O)NC(C#N)C2CCCCC2)cc1Br. The van der Waals surface area contributed by atoms with Crippen molar-refractivity contribution in [3.8, 4) is 11.8 Å². The Labute approximate surface area is 133 Å². The van der Waals surface area contributed by atoms with Gasteiger partial charge in [-0.25, -0.2) is 0 Å². The molecule has 1 fully saturated rings. The van der Waals surface area contributed by atoms with E-state index in [0.717, 1.165) is 30.2 Å². The Bertz CT molecular complexity index is 548. The molecular weight excluding hydrogens is 332 g/mol. The van der Waals surface area contributed by atoms with E-state index in [1.807, 2.05) is 0 Å². The Balaban J connectivity index is 2.05. The highest BCUT2D eigenvalue weighted by atomic mass is 79.9. The number of halogens is 1. The summed E-state index contributed by atoms with van der Waals surface area (Å²) in [6, 6.07) is 6.99. The number of ether oxygens (including phenoxy) is 1. The molecular formula is C16H19BrN2O2. The van der Waals surface area contributed by atoms with E-state index in [2.05, 4.69) is 27.3 Å². The average Bonchev–Trinajstić information content (AvgIpc) is 2.53. The standard InChI is InChI=1S/C16H19BrN2O2/c1-21-15-8-7-12(9-13(15)17)16(20)19-14(10-18)11-5-3-2-4-6-11/h7-9,11,14H,2-6H2,1H3,(H,19,20). The summed E-state index contributed by atoms with van der Waals surface area (Å²) >= 11 is 3.37. The molecule has 1 aromatic rings. The van der Waals surface area contributed by atoms with Crippen molar-refractivity contribution in [3.63, 3.8) is 0 Å². The van der Waals surface area contributed by atoms with Gasteiger partial charge < -0.3 is 10.1 Å². The third kappa shape index (κ3) is 3.98. The number of hydrogen-bond acceptors (Lipinski definition) is 3. The minimum atomic E-state index is -0.404. The van der Waals surface area contributed by atoms with Crippen LogP contribution in [0.2, 0.25) is 0 Å². The fraction of sp³-hybridized carbons (Fsp3) is 0.500. The Morgan fingerprint density at radius 3 is 2.71 bits per heavy atom. The van der Waals surface area contributed by atoms with Crippen LogP contribution < -0.4 is 10.1 Å². The first kappa shape index (κ1) is 15.8. The monoisotopic (exact) mass is 350 g/mol. The van der Waals surface area contributed by atoms with Crippen LogP contribution in [0.25, 0.3) is 0 Å². The molecule has 1 atom stereocenters.